The van der Waals surface area contributed by atoms with Crippen LogP contribution in [-0.2, 0) is 16.1 Å². The van der Waals surface area contributed by atoms with Crippen LogP contribution in [0.2, 0.25) is 0 Å². The molecule has 0 spiro atoms. The predicted octanol–water partition coefficient (Wildman–Crippen LogP) is 5.84. The van der Waals surface area contributed by atoms with Crippen LogP contribution in [0.3, 0.4) is 0 Å². The van der Waals surface area contributed by atoms with Gasteiger partial charge in [0.2, 0.25) is 0 Å². The number of anilines is 1. The first-order valence-electron chi connectivity index (χ1n) is 11.7. The average Bonchev–Trinajstić information content (AvgIpc) is 2.93. The highest BCUT2D eigenvalue weighted by Gasteiger charge is 2.25. The van der Waals surface area contributed by atoms with Crippen LogP contribution >= 0.6 is 12.2 Å². The molecular weight excluding hydrogens is 506 g/mol. The Balaban J connectivity index is 1.85. The Bertz CT molecular complexity index is 1450. The van der Waals surface area contributed by atoms with Gasteiger partial charge >= 0.3 is 12.1 Å². The number of ether oxygens (including phenoxy) is 4. The monoisotopic (exact) mass is 531 g/mol. The molecule has 0 unspecified atom stereocenters. The molecule has 4 rings (SSSR count). The summed E-state index contributed by atoms with van der Waals surface area (Å²) in [5, 5.41) is 6.21. The van der Waals surface area contributed by atoms with Crippen LogP contribution in [0.15, 0.2) is 78.9 Å². The van der Waals surface area contributed by atoms with Crippen molar-refractivity contribution >= 4 is 46.0 Å². The molecule has 0 aliphatic carbocycles. The Morgan fingerprint density at radius 3 is 2.34 bits per heavy atom. The highest BCUT2D eigenvalue weighted by atomic mass is 32.1. The van der Waals surface area contributed by atoms with Crippen molar-refractivity contribution < 1.29 is 28.5 Å². The molecule has 1 aromatic heterocycles. The Labute approximate surface area is 224 Å². The Morgan fingerprint density at radius 2 is 1.66 bits per heavy atom. The normalized spacial score (nSPS) is 10.4. The summed E-state index contributed by atoms with van der Waals surface area (Å²) in [5.41, 5.74) is 0.824. The van der Waals surface area contributed by atoms with Crippen molar-refractivity contribution in [1.82, 2.24) is 10.3 Å². The second kappa shape index (κ2) is 12.5. The number of nitrogens with one attached hydrogen (secondary N) is 2. The van der Waals surface area contributed by atoms with Gasteiger partial charge in [-0.3, -0.25) is 5.32 Å². The van der Waals surface area contributed by atoms with E-state index in [0.717, 1.165) is 5.56 Å². The van der Waals surface area contributed by atoms with E-state index in [-0.39, 0.29) is 35.6 Å². The summed E-state index contributed by atoms with van der Waals surface area (Å²) in [6.07, 6.45) is -0.730. The number of alkyl carbamates (subject to hydrolysis) is 1. The SMILES string of the molecule is CCOC(=O)NC(=S)Nc1nc(C(=O)OC)c(OCc2ccccc2)c2cccc(Oc3ccccc3)c12. The zero-order valence-corrected chi connectivity index (χ0v) is 21.5. The minimum atomic E-state index is -0.730. The van der Waals surface area contributed by atoms with E-state index in [1.165, 1.54) is 7.11 Å². The summed E-state index contributed by atoms with van der Waals surface area (Å²) >= 11 is 5.30. The first-order chi connectivity index (χ1) is 18.5. The molecule has 0 bridgehead atoms. The van der Waals surface area contributed by atoms with Gasteiger partial charge < -0.3 is 24.3 Å². The summed E-state index contributed by atoms with van der Waals surface area (Å²) in [5.74, 6) is 0.659. The van der Waals surface area contributed by atoms with Crippen LogP contribution in [0, 0.1) is 0 Å². The van der Waals surface area contributed by atoms with Crippen LogP contribution in [0.4, 0.5) is 10.6 Å². The van der Waals surface area contributed by atoms with E-state index < -0.39 is 12.1 Å². The second-order valence-corrected chi connectivity index (χ2v) is 8.21. The number of nitrogens with zero attached hydrogens (tertiary/aromatic N) is 1. The third-order valence-corrected chi connectivity index (χ3v) is 5.45. The van der Waals surface area contributed by atoms with E-state index in [1.807, 2.05) is 60.7 Å². The van der Waals surface area contributed by atoms with Crippen LogP contribution in [0.5, 0.6) is 17.2 Å². The predicted molar refractivity (Wildman–Crippen MR) is 147 cm³/mol. The number of hydrogen-bond donors (Lipinski definition) is 2. The van der Waals surface area contributed by atoms with Gasteiger partial charge in [0.05, 0.1) is 19.1 Å². The van der Waals surface area contributed by atoms with Crippen molar-refractivity contribution in [3.05, 3.63) is 90.1 Å². The lowest BCUT2D eigenvalue weighted by atomic mass is 10.1. The number of benzene rings is 3. The summed E-state index contributed by atoms with van der Waals surface area (Å²) in [6.45, 7) is 2.03. The maximum atomic E-state index is 12.8. The van der Waals surface area contributed by atoms with Gasteiger partial charge in [0.15, 0.2) is 16.6 Å². The lowest BCUT2D eigenvalue weighted by Crippen LogP contribution is -2.35. The fraction of sp³-hybridized carbons (Fsp3) is 0.143. The topological polar surface area (TPSA) is 108 Å². The van der Waals surface area contributed by atoms with Crippen molar-refractivity contribution in [2.45, 2.75) is 13.5 Å². The number of fused-ring (bicyclic) bond motifs is 1. The number of methoxy groups -OCH3 is 1. The van der Waals surface area contributed by atoms with Gasteiger partial charge in [-0.1, -0.05) is 60.7 Å². The molecule has 194 valence electrons. The summed E-state index contributed by atoms with van der Waals surface area (Å²) in [6, 6.07) is 24.0. The van der Waals surface area contributed by atoms with Crippen LogP contribution in [0.1, 0.15) is 23.0 Å². The quantitative estimate of drug-likeness (QED) is 0.214. The molecule has 0 saturated heterocycles. The Hall–Kier alpha value is -4.70. The van der Waals surface area contributed by atoms with Crippen molar-refractivity contribution in [3.8, 4) is 17.2 Å². The highest BCUT2D eigenvalue weighted by molar-refractivity contribution is 7.80. The number of pyridine rings is 1. The first-order valence-corrected chi connectivity index (χ1v) is 12.1. The zero-order chi connectivity index (χ0) is 26.9. The molecule has 0 aliphatic heterocycles. The lowest BCUT2D eigenvalue weighted by Gasteiger charge is -2.19. The maximum Gasteiger partial charge on any atom is 0.413 e. The first kappa shape index (κ1) is 26.4. The van der Waals surface area contributed by atoms with Gasteiger partial charge in [-0.05, 0) is 42.9 Å². The molecule has 2 N–H and O–H groups in total. The average molecular weight is 532 g/mol. The van der Waals surface area contributed by atoms with E-state index in [9.17, 15) is 9.59 Å². The standard InChI is InChI=1S/C28H25N3O6S/c1-3-35-28(33)31-27(38)30-25-22-20(15-10-16-21(22)37-19-13-8-5-9-14-19)24(23(29-25)26(32)34-2)36-17-18-11-6-4-7-12-18/h4-16H,3,17H2,1-2H3,(H2,29,30,31,33,38). The van der Waals surface area contributed by atoms with E-state index >= 15 is 0 Å². The zero-order valence-electron chi connectivity index (χ0n) is 20.7. The van der Waals surface area contributed by atoms with E-state index in [2.05, 4.69) is 15.6 Å². The summed E-state index contributed by atoms with van der Waals surface area (Å²) in [7, 11) is 1.25. The molecule has 1 amide bonds. The van der Waals surface area contributed by atoms with Gasteiger partial charge in [0.25, 0.3) is 0 Å². The Morgan fingerprint density at radius 1 is 0.947 bits per heavy atom. The minimum Gasteiger partial charge on any atom is -0.486 e. The molecule has 1 heterocycles. The number of aromatic nitrogens is 1. The van der Waals surface area contributed by atoms with Gasteiger partial charge in [0, 0.05) is 5.39 Å². The fourth-order valence-electron chi connectivity index (χ4n) is 3.61. The van der Waals surface area contributed by atoms with Crippen molar-refractivity contribution in [2.75, 3.05) is 19.0 Å². The van der Waals surface area contributed by atoms with Gasteiger partial charge in [0.1, 0.15) is 23.9 Å². The molecule has 0 aliphatic rings. The molecule has 0 atom stereocenters. The third-order valence-electron chi connectivity index (χ3n) is 5.25. The highest BCUT2D eigenvalue weighted by Crippen LogP contribution is 2.41. The second-order valence-electron chi connectivity index (χ2n) is 7.80. The van der Waals surface area contributed by atoms with Gasteiger partial charge in [-0.25, -0.2) is 14.6 Å². The van der Waals surface area contributed by atoms with Crippen LogP contribution < -0.4 is 20.1 Å². The van der Waals surface area contributed by atoms with Gasteiger partial charge in [-0.15, -0.1) is 0 Å². The third kappa shape index (κ3) is 6.34. The van der Waals surface area contributed by atoms with E-state index in [4.69, 9.17) is 31.2 Å². The summed E-state index contributed by atoms with van der Waals surface area (Å²) < 4.78 is 22.2. The molecule has 0 radical (unpaired) electrons. The number of carbonyl (C=O) groups is 2. The number of hydrogen-bond acceptors (Lipinski definition) is 8. The van der Waals surface area contributed by atoms with Crippen LogP contribution in [-0.4, -0.2) is 35.9 Å². The largest absolute Gasteiger partial charge is 0.486 e. The van der Waals surface area contributed by atoms with Crippen molar-refractivity contribution in [3.63, 3.8) is 0 Å². The van der Waals surface area contributed by atoms with Crippen molar-refractivity contribution in [2.24, 2.45) is 0 Å². The number of thiocarbonyl (C=S) groups is 1. The number of esters is 1. The number of carbonyl (C=O) groups excluding carboxylic acids is 2. The molecule has 9 nitrogen and oxygen atoms in total. The Kier molecular flexibility index (Phi) is 8.68. The maximum absolute atomic E-state index is 12.8. The molecular formula is C28H25N3O6S. The van der Waals surface area contributed by atoms with Crippen molar-refractivity contribution in [1.29, 1.82) is 0 Å². The van der Waals surface area contributed by atoms with Gasteiger partial charge in [-0.2, -0.15) is 0 Å². The number of amides is 1. The molecule has 3 aromatic carbocycles. The minimum absolute atomic E-state index is 0.0748. The van der Waals surface area contributed by atoms with E-state index in [0.29, 0.717) is 22.3 Å². The van der Waals surface area contributed by atoms with E-state index in [1.54, 1.807) is 25.1 Å². The smallest absolute Gasteiger partial charge is 0.413 e. The van der Waals surface area contributed by atoms with Crippen LogP contribution in [0.25, 0.3) is 10.8 Å². The molecule has 10 heteroatoms. The molecule has 38 heavy (non-hydrogen) atoms. The summed E-state index contributed by atoms with van der Waals surface area (Å²) in [4.78, 5) is 29.2. The number of rotatable bonds is 8. The molecule has 0 fully saturated rings. The molecule has 0 saturated carbocycles. The lowest BCUT2D eigenvalue weighted by molar-refractivity contribution is 0.0589. The molecule has 4 aromatic rings. The number of para-hydroxylation sites is 1. The fourth-order valence-corrected chi connectivity index (χ4v) is 3.79.